The van der Waals surface area contributed by atoms with Crippen molar-refractivity contribution in [2.75, 3.05) is 11.4 Å². The fourth-order valence-corrected chi connectivity index (χ4v) is 7.19. The van der Waals surface area contributed by atoms with E-state index in [0.717, 1.165) is 25.9 Å². The molecule has 0 radical (unpaired) electrons. The third kappa shape index (κ3) is 4.60. The fourth-order valence-electron chi connectivity index (χ4n) is 4.85. The van der Waals surface area contributed by atoms with Crippen LogP contribution in [0.3, 0.4) is 0 Å². The Kier molecular flexibility index (Phi) is 6.57. The summed E-state index contributed by atoms with van der Waals surface area (Å²) in [6, 6.07) is 17.4. The average Bonchev–Trinajstić information content (AvgIpc) is 3.35. The zero-order chi connectivity index (χ0) is 22.8. The van der Waals surface area contributed by atoms with Crippen molar-refractivity contribution in [3.63, 3.8) is 0 Å². The van der Waals surface area contributed by atoms with Crippen LogP contribution < -0.4 is 9.47 Å². The normalized spacial score (nSPS) is 20.9. The zero-order valence-corrected chi connectivity index (χ0v) is 21.3. The summed E-state index contributed by atoms with van der Waals surface area (Å²) in [5.74, 6) is 0.662. The maximum atomic E-state index is 2.44. The maximum absolute atomic E-state index is 2.44. The summed E-state index contributed by atoms with van der Waals surface area (Å²) >= 11 is 3.77. The van der Waals surface area contributed by atoms with E-state index in [2.05, 4.69) is 109 Å². The molecule has 2 heterocycles. The first-order valence-corrected chi connectivity index (χ1v) is 13.5. The number of anilines is 1. The van der Waals surface area contributed by atoms with Crippen LogP contribution >= 0.6 is 23.1 Å². The molecule has 1 aliphatic heterocycles. The number of hydrogen-bond donors (Lipinski definition) is 0. The summed E-state index contributed by atoms with van der Waals surface area (Å²) in [5.41, 5.74) is 5.53. The van der Waals surface area contributed by atoms with Crippen LogP contribution in [0.4, 0.5) is 5.69 Å². The number of fused-ring (bicyclic) bond motifs is 2. The third-order valence-corrected chi connectivity index (χ3v) is 8.55. The van der Waals surface area contributed by atoms with Crippen molar-refractivity contribution >= 4 is 45.1 Å². The molecule has 0 N–H and O–H groups in total. The van der Waals surface area contributed by atoms with Crippen molar-refractivity contribution in [3.05, 3.63) is 94.0 Å². The van der Waals surface area contributed by atoms with Crippen LogP contribution in [0.25, 0.3) is 16.3 Å². The molecule has 0 saturated heterocycles. The number of para-hydroxylation sites is 2. The monoisotopic (exact) mass is 471 g/mol. The van der Waals surface area contributed by atoms with Crippen LogP contribution in [-0.2, 0) is 6.54 Å². The molecule has 0 fully saturated rings. The summed E-state index contributed by atoms with van der Waals surface area (Å²) in [5, 5.41) is 2.66. The Bertz CT molecular complexity index is 1290. The lowest BCUT2D eigenvalue weighted by Gasteiger charge is -2.22. The highest BCUT2D eigenvalue weighted by atomic mass is 32.2. The molecule has 1 aliphatic carbocycles. The highest BCUT2D eigenvalue weighted by Crippen LogP contribution is 2.46. The number of benzene rings is 2. The van der Waals surface area contributed by atoms with Crippen molar-refractivity contribution in [1.82, 2.24) is 0 Å². The van der Waals surface area contributed by atoms with E-state index in [-0.39, 0.29) is 0 Å². The number of nitrogens with zero attached hydrogens (tertiary/aromatic N) is 2. The minimum absolute atomic E-state index is 0.662. The Morgan fingerprint density at radius 1 is 1.06 bits per heavy atom. The molecule has 0 amide bonds. The van der Waals surface area contributed by atoms with E-state index < -0.39 is 0 Å². The molecule has 0 bridgehead atoms. The smallest absolute Gasteiger partial charge is 0.262 e. The molecule has 4 heteroatoms. The van der Waals surface area contributed by atoms with Crippen LogP contribution in [0.5, 0.6) is 0 Å². The average molecular weight is 472 g/mol. The quantitative estimate of drug-likeness (QED) is 0.348. The van der Waals surface area contributed by atoms with Crippen LogP contribution in [0.1, 0.15) is 38.6 Å². The van der Waals surface area contributed by atoms with Gasteiger partial charge in [-0.1, -0.05) is 72.5 Å². The molecule has 2 aromatic carbocycles. The van der Waals surface area contributed by atoms with Gasteiger partial charge in [0.15, 0.2) is 0 Å². The van der Waals surface area contributed by atoms with E-state index in [1.54, 1.807) is 0 Å². The minimum Gasteiger partial charge on any atom is -0.335 e. The number of rotatable bonds is 5. The van der Waals surface area contributed by atoms with Crippen molar-refractivity contribution in [2.24, 2.45) is 5.92 Å². The van der Waals surface area contributed by atoms with Crippen LogP contribution in [0.2, 0.25) is 0 Å². The lowest BCUT2D eigenvalue weighted by Crippen LogP contribution is -2.33. The van der Waals surface area contributed by atoms with Gasteiger partial charge in [0.1, 0.15) is 11.2 Å². The summed E-state index contributed by atoms with van der Waals surface area (Å²) in [7, 11) is 0. The van der Waals surface area contributed by atoms with Gasteiger partial charge in [-0.2, -0.15) is 4.57 Å². The summed E-state index contributed by atoms with van der Waals surface area (Å²) in [6.45, 7) is 8.81. The van der Waals surface area contributed by atoms with Gasteiger partial charge in [-0.25, -0.2) is 0 Å². The lowest BCUT2D eigenvalue weighted by molar-refractivity contribution is -0.665. The second-order valence-electron chi connectivity index (χ2n) is 8.78. The molecular weight excluding hydrogens is 440 g/mol. The van der Waals surface area contributed by atoms with E-state index in [9.17, 15) is 0 Å². The Morgan fingerprint density at radius 3 is 2.73 bits per heavy atom. The molecule has 3 aromatic rings. The van der Waals surface area contributed by atoms with Crippen LogP contribution in [0, 0.1) is 5.92 Å². The Hall–Kier alpha value is -2.56. The molecule has 168 valence electrons. The van der Waals surface area contributed by atoms with Gasteiger partial charge in [0.2, 0.25) is 5.52 Å². The predicted molar refractivity (Wildman–Crippen MR) is 145 cm³/mol. The van der Waals surface area contributed by atoms with Gasteiger partial charge in [-0.15, -0.1) is 0 Å². The molecule has 2 nitrogen and oxygen atoms in total. The van der Waals surface area contributed by atoms with E-state index in [4.69, 9.17) is 0 Å². The van der Waals surface area contributed by atoms with Crippen molar-refractivity contribution in [3.8, 4) is 0 Å². The predicted octanol–water partition coefficient (Wildman–Crippen LogP) is 7.98. The van der Waals surface area contributed by atoms with E-state index in [1.165, 1.54) is 42.0 Å². The van der Waals surface area contributed by atoms with Gasteiger partial charge in [0.05, 0.1) is 10.7 Å². The van der Waals surface area contributed by atoms with Gasteiger partial charge < -0.3 is 4.90 Å². The highest BCUT2D eigenvalue weighted by Gasteiger charge is 2.24. The van der Waals surface area contributed by atoms with Gasteiger partial charge in [-0.3, -0.25) is 0 Å². The first-order valence-electron chi connectivity index (χ1n) is 11.9. The number of hydrogen-bond acceptors (Lipinski definition) is 3. The molecule has 0 spiro atoms. The second kappa shape index (κ2) is 9.74. The Balaban J connectivity index is 1.40. The molecular formula is C29H31N2S2+. The van der Waals surface area contributed by atoms with Gasteiger partial charge in [0.25, 0.3) is 5.01 Å². The maximum Gasteiger partial charge on any atom is 0.262 e. The molecule has 2 aliphatic rings. The van der Waals surface area contributed by atoms with Gasteiger partial charge >= 0.3 is 0 Å². The Labute approximate surface area is 205 Å². The van der Waals surface area contributed by atoms with Gasteiger partial charge in [-0.05, 0) is 68.0 Å². The number of thiazole rings is 1. The second-order valence-corrected chi connectivity index (χ2v) is 10.9. The topological polar surface area (TPSA) is 7.12 Å². The number of allylic oxidation sites excluding steroid dienone is 6. The molecule has 1 aromatic heterocycles. The Morgan fingerprint density at radius 2 is 1.88 bits per heavy atom. The largest absolute Gasteiger partial charge is 0.335 e. The van der Waals surface area contributed by atoms with Gasteiger partial charge in [0, 0.05) is 23.6 Å². The summed E-state index contributed by atoms with van der Waals surface area (Å²) in [4.78, 5) is 3.80. The third-order valence-electron chi connectivity index (χ3n) is 6.30. The first kappa shape index (κ1) is 22.2. The van der Waals surface area contributed by atoms with Crippen molar-refractivity contribution < 1.29 is 4.57 Å². The summed E-state index contributed by atoms with van der Waals surface area (Å²) < 4.78 is 3.75. The van der Waals surface area contributed by atoms with Crippen molar-refractivity contribution in [1.29, 1.82) is 0 Å². The standard InChI is InChI=1S/C29H31N2S2/c1-4-30-24-12-6-8-14-26(24)32-28(30)16-10-11-22-17-21(3)18-23(19-22)20-29-31(5-2)25-13-7-9-15-27(25)33-29/h6-16,19-21H,4-5,17-18H2,1-3H3/q+1/t21-/m1/s1. The molecule has 5 rings (SSSR count). The SMILES string of the molecule is CCN1C(=CC2=CC(=CC=Cc3sc4ccccc4[n+]3CC)C[C@@H](C)C2)Sc2ccccc21. The van der Waals surface area contributed by atoms with E-state index in [0.29, 0.717) is 5.92 Å². The van der Waals surface area contributed by atoms with E-state index in [1.807, 2.05) is 23.1 Å². The highest BCUT2D eigenvalue weighted by molar-refractivity contribution is 8.03. The fraction of sp³-hybridized carbons (Fsp3) is 0.276. The lowest BCUT2D eigenvalue weighted by atomic mass is 9.87. The molecule has 33 heavy (non-hydrogen) atoms. The molecule has 0 unspecified atom stereocenters. The van der Waals surface area contributed by atoms with Crippen LogP contribution in [0.15, 0.2) is 93.9 Å². The summed E-state index contributed by atoms with van der Waals surface area (Å²) in [6.07, 6.45) is 13.9. The minimum atomic E-state index is 0.662. The number of thioether (sulfide) groups is 1. The first-order chi connectivity index (χ1) is 16.2. The van der Waals surface area contributed by atoms with Crippen molar-refractivity contribution in [2.45, 2.75) is 45.1 Å². The van der Waals surface area contributed by atoms with Crippen LogP contribution in [-0.4, -0.2) is 6.54 Å². The number of aryl methyl sites for hydroxylation is 1. The molecule has 0 saturated carbocycles. The molecule has 1 atom stereocenters. The zero-order valence-electron chi connectivity index (χ0n) is 19.6. The number of aromatic nitrogens is 1. The van der Waals surface area contributed by atoms with E-state index >= 15 is 0 Å².